The molecule has 0 aliphatic carbocycles. The normalized spacial score (nSPS) is 10.5. The van der Waals surface area contributed by atoms with Gasteiger partial charge in [-0.3, -0.25) is 0 Å². The van der Waals surface area contributed by atoms with E-state index < -0.39 is 5.97 Å². The molecule has 1 heterocycles. The Morgan fingerprint density at radius 2 is 2.33 bits per heavy atom. The first-order valence-electron chi connectivity index (χ1n) is 5.44. The largest absolute Gasteiger partial charge is 0.478 e. The van der Waals surface area contributed by atoms with Gasteiger partial charge in [-0.15, -0.1) is 0 Å². The van der Waals surface area contributed by atoms with Crippen LogP contribution in [0.1, 0.15) is 23.2 Å². The van der Waals surface area contributed by atoms with Crippen molar-refractivity contribution < 1.29 is 19.2 Å². The van der Waals surface area contributed by atoms with E-state index in [1.165, 1.54) is 12.1 Å². The van der Waals surface area contributed by atoms with Gasteiger partial charge < -0.3 is 14.4 Å². The molecule has 6 heteroatoms. The molecular weight excluding hydrogens is 236 g/mol. The van der Waals surface area contributed by atoms with Gasteiger partial charge >= 0.3 is 5.97 Å². The fourth-order valence-corrected chi connectivity index (χ4v) is 1.41. The van der Waals surface area contributed by atoms with E-state index in [-0.39, 0.29) is 12.2 Å². The third kappa shape index (κ3) is 2.72. The predicted molar refractivity (Wildman–Crippen MR) is 62.0 cm³/mol. The molecule has 94 valence electrons. The first-order valence-corrected chi connectivity index (χ1v) is 5.44. The molecule has 0 aliphatic heterocycles. The zero-order valence-electron chi connectivity index (χ0n) is 9.79. The Morgan fingerprint density at radius 3 is 3.06 bits per heavy atom. The monoisotopic (exact) mass is 248 g/mol. The van der Waals surface area contributed by atoms with E-state index in [0.29, 0.717) is 23.9 Å². The number of aromatic carboxylic acids is 1. The number of hydrogen-bond acceptors (Lipinski definition) is 5. The van der Waals surface area contributed by atoms with Crippen LogP contribution in [-0.4, -0.2) is 27.8 Å². The summed E-state index contributed by atoms with van der Waals surface area (Å²) in [5.74, 6) is -0.268. The molecule has 2 aromatic rings. The van der Waals surface area contributed by atoms with Crippen LogP contribution in [-0.2, 0) is 11.3 Å². The summed E-state index contributed by atoms with van der Waals surface area (Å²) in [5.41, 5.74) is 0.782. The van der Waals surface area contributed by atoms with Crippen molar-refractivity contribution in [1.29, 1.82) is 0 Å². The first kappa shape index (κ1) is 12.3. The van der Waals surface area contributed by atoms with E-state index in [4.69, 9.17) is 14.4 Å². The van der Waals surface area contributed by atoms with Gasteiger partial charge in [0, 0.05) is 12.2 Å². The lowest BCUT2D eigenvalue weighted by Gasteiger charge is -1.96. The van der Waals surface area contributed by atoms with Crippen molar-refractivity contribution in [3.05, 3.63) is 35.7 Å². The van der Waals surface area contributed by atoms with Crippen molar-refractivity contribution in [2.75, 3.05) is 6.61 Å². The molecule has 0 amide bonds. The SMILES string of the molecule is CCOCc1nc(-c2cccc(C(=O)O)c2)no1. The van der Waals surface area contributed by atoms with Crippen LogP contribution >= 0.6 is 0 Å². The molecule has 1 aromatic carbocycles. The molecule has 2 rings (SSSR count). The topological polar surface area (TPSA) is 85.5 Å². The molecular formula is C12H12N2O4. The summed E-state index contributed by atoms with van der Waals surface area (Å²) in [6.45, 7) is 2.68. The molecule has 0 fully saturated rings. The third-order valence-electron chi connectivity index (χ3n) is 2.27. The Kier molecular flexibility index (Phi) is 3.69. The predicted octanol–water partition coefficient (Wildman–Crippen LogP) is 1.97. The molecule has 0 atom stereocenters. The van der Waals surface area contributed by atoms with Crippen LogP contribution in [0.15, 0.2) is 28.8 Å². The van der Waals surface area contributed by atoms with Crippen LogP contribution in [0, 0.1) is 0 Å². The van der Waals surface area contributed by atoms with Gasteiger partial charge in [0.25, 0.3) is 5.89 Å². The minimum absolute atomic E-state index is 0.184. The zero-order valence-corrected chi connectivity index (χ0v) is 9.79. The molecule has 0 radical (unpaired) electrons. The maximum Gasteiger partial charge on any atom is 0.335 e. The molecule has 1 N–H and O–H groups in total. The second-order valence-corrected chi connectivity index (χ2v) is 3.53. The van der Waals surface area contributed by atoms with Gasteiger partial charge in [-0.25, -0.2) is 4.79 Å². The third-order valence-corrected chi connectivity index (χ3v) is 2.27. The zero-order chi connectivity index (χ0) is 13.0. The molecule has 0 unspecified atom stereocenters. The van der Waals surface area contributed by atoms with Crippen molar-refractivity contribution in [3.63, 3.8) is 0 Å². The van der Waals surface area contributed by atoms with Gasteiger partial charge in [0.1, 0.15) is 6.61 Å². The fourth-order valence-electron chi connectivity index (χ4n) is 1.41. The number of benzene rings is 1. The fraction of sp³-hybridized carbons (Fsp3) is 0.250. The lowest BCUT2D eigenvalue weighted by molar-refractivity contribution is 0.0697. The highest BCUT2D eigenvalue weighted by Gasteiger charge is 2.10. The number of carbonyl (C=O) groups is 1. The van der Waals surface area contributed by atoms with Gasteiger partial charge in [-0.2, -0.15) is 4.98 Å². The van der Waals surface area contributed by atoms with Crippen LogP contribution in [0.4, 0.5) is 0 Å². The Balaban J connectivity index is 2.23. The second-order valence-electron chi connectivity index (χ2n) is 3.53. The minimum atomic E-state index is -0.991. The van der Waals surface area contributed by atoms with Gasteiger partial charge in [0.15, 0.2) is 0 Å². The van der Waals surface area contributed by atoms with E-state index >= 15 is 0 Å². The van der Waals surface area contributed by atoms with E-state index in [1.54, 1.807) is 12.1 Å². The number of nitrogens with zero attached hydrogens (tertiary/aromatic N) is 2. The number of carboxylic acids is 1. The number of aromatic nitrogens is 2. The van der Waals surface area contributed by atoms with Gasteiger partial charge in [-0.05, 0) is 19.1 Å². The van der Waals surface area contributed by atoms with Crippen LogP contribution in [0.3, 0.4) is 0 Å². The summed E-state index contributed by atoms with van der Waals surface area (Å²) in [6.07, 6.45) is 0. The number of carboxylic acid groups (broad SMARTS) is 1. The average molecular weight is 248 g/mol. The minimum Gasteiger partial charge on any atom is -0.478 e. The molecule has 0 saturated carbocycles. The summed E-state index contributed by atoms with van der Waals surface area (Å²) < 4.78 is 10.1. The van der Waals surface area contributed by atoms with Crippen LogP contribution in [0.2, 0.25) is 0 Å². The van der Waals surface area contributed by atoms with Crippen molar-refractivity contribution in [3.8, 4) is 11.4 Å². The number of ether oxygens (including phenoxy) is 1. The average Bonchev–Trinajstić information content (AvgIpc) is 2.85. The van der Waals surface area contributed by atoms with Gasteiger partial charge in [0.2, 0.25) is 5.82 Å². The van der Waals surface area contributed by atoms with Crippen LogP contribution < -0.4 is 0 Å². The van der Waals surface area contributed by atoms with E-state index in [1.807, 2.05) is 6.92 Å². The highest BCUT2D eigenvalue weighted by Crippen LogP contribution is 2.17. The Morgan fingerprint density at radius 1 is 1.50 bits per heavy atom. The van der Waals surface area contributed by atoms with Gasteiger partial charge in [-0.1, -0.05) is 17.3 Å². The lowest BCUT2D eigenvalue weighted by Crippen LogP contribution is -1.96. The smallest absolute Gasteiger partial charge is 0.335 e. The van der Waals surface area contributed by atoms with E-state index in [2.05, 4.69) is 10.1 Å². The molecule has 0 saturated heterocycles. The van der Waals surface area contributed by atoms with Crippen LogP contribution in [0.25, 0.3) is 11.4 Å². The maximum atomic E-state index is 10.8. The molecule has 1 aromatic heterocycles. The summed E-state index contributed by atoms with van der Waals surface area (Å²) in [6, 6.07) is 6.36. The maximum absolute atomic E-state index is 10.8. The summed E-state index contributed by atoms with van der Waals surface area (Å²) >= 11 is 0. The van der Waals surface area contributed by atoms with Crippen molar-refractivity contribution in [1.82, 2.24) is 10.1 Å². The van der Waals surface area contributed by atoms with Crippen molar-refractivity contribution in [2.24, 2.45) is 0 Å². The molecule has 0 spiro atoms. The molecule has 18 heavy (non-hydrogen) atoms. The first-order chi connectivity index (χ1) is 8.70. The standard InChI is InChI=1S/C12H12N2O4/c1-2-17-7-10-13-11(14-18-10)8-4-3-5-9(6-8)12(15)16/h3-6H,2,7H2,1H3,(H,15,16). The molecule has 0 aliphatic rings. The second kappa shape index (κ2) is 5.42. The number of rotatable bonds is 5. The Bertz CT molecular complexity index is 551. The highest BCUT2D eigenvalue weighted by atomic mass is 16.5. The van der Waals surface area contributed by atoms with Gasteiger partial charge in [0.05, 0.1) is 5.56 Å². The Hall–Kier alpha value is -2.21. The van der Waals surface area contributed by atoms with E-state index in [9.17, 15) is 4.79 Å². The van der Waals surface area contributed by atoms with E-state index in [0.717, 1.165) is 0 Å². The summed E-state index contributed by atoms with van der Waals surface area (Å²) in [5, 5.41) is 12.7. The summed E-state index contributed by atoms with van der Waals surface area (Å²) in [7, 11) is 0. The number of hydrogen-bond donors (Lipinski definition) is 1. The quantitative estimate of drug-likeness (QED) is 0.870. The van der Waals surface area contributed by atoms with Crippen molar-refractivity contribution in [2.45, 2.75) is 13.5 Å². The summed E-state index contributed by atoms with van der Waals surface area (Å²) in [4.78, 5) is 15.0. The lowest BCUT2D eigenvalue weighted by atomic mass is 10.1. The van der Waals surface area contributed by atoms with Crippen LogP contribution in [0.5, 0.6) is 0 Å². The molecule has 6 nitrogen and oxygen atoms in total. The molecule has 0 bridgehead atoms. The highest BCUT2D eigenvalue weighted by molar-refractivity contribution is 5.89. The Labute approximate surface area is 103 Å². The van der Waals surface area contributed by atoms with Crippen molar-refractivity contribution >= 4 is 5.97 Å².